The Morgan fingerprint density at radius 2 is 1.69 bits per heavy atom. The van der Waals surface area contributed by atoms with Gasteiger partial charge in [-0.3, -0.25) is 4.79 Å². The van der Waals surface area contributed by atoms with Crippen molar-refractivity contribution in [1.29, 1.82) is 0 Å². The third-order valence-electron chi connectivity index (χ3n) is 4.39. The van der Waals surface area contributed by atoms with E-state index in [0.29, 0.717) is 24.0 Å². The minimum atomic E-state index is -0.243. The van der Waals surface area contributed by atoms with Crippen molar-refractivity contribution in [2.24, 2.45) is 5.73 Å². The highest BCUT2D eigenvalue weighted by Crippen LogP contribution is 2.24. The summed E-state index contributed by atoms with van der Waals surface area (Å²) >= 11 is 0. The number of amides is 1. The normalized spacial score (nSPS) is 11.9. The molecule has 0 radical (unpaired) electrons. The number of hydrogen-bond donors (Lipinski definition) is 2. The average Bonchev–Trinajstić information content (AvgIpc) is 2.66. The highest BCUT2D eigenvalue weighted by Gasteiger charge is 2.12. The van der Waals surface area contributed by atoms with Gasteiger partial charge in [0, 0.05) is 18.2 Å². The molecular formula is C21H28N2O3. The van der Waals surface area contributed by atoms with Crippen molar-refractivity contribution in [1.82, 2.24) is 5.32 Å². The molecule has 0 aliphatic rings. The third-order valence-corrected chi connectivity index (χ3v) is 4.39. The summed E-state index contributed by atoms with van der Waals surface area (Å²) in [6.07, 6.45) is 0.208. The number of rotatable bonds is 8. The first-order chi connectivity index (χ1) is 12.4. The SMILES string of the molecule is COc1ccc(OC)c(CC(=O)NCC(N)c2ccc(C(C)C)cc2)c1. The summed E-state index contributed by atoms with van der Waals surface area (Å²) in [6, 6.07) is 13.4. The van der Waals surface area contributed by atoms with Crippen molar-refractivity contribution in [3.05, 3.63) is 59.2 Å². The second-order valence-corrected chi connectivity index (χ2v) is 6.59. The van der Waals surface area contributed by atoms with Gasteiger partial charge in [-0.05, 0) is 35.2 Å². The summed E-state index contributed by atoms with van der Waals surface area (Å²) in [6.45, 7) is 4.69. The van der Waals surface area contributed by atoms with Gasteiger partial charge in [-0.2, -0.15) is 0 Å². The summed E-state index contributed by atoms with van der Waals surface area (Å²) in [5.41, 5.74) is 9.26. The van der Waals surface area contributed by atoms with Gasteiger partial charge >= 0.3 is 0 Å². The fraction of sp³-hybridized carbons (Fsp3) is 0.381. The summed E-state index contributed by atoms with van der Waals surface area (Å²) < 4.78 is 10.5. The van der Waals surface area contributed by atoms with Gasteiger partial charge in [0.25, 0.3) is 0 Å². The van der Waals surface area contributed by atoms with Gasteiger partial charge in [0.2, 0.25) is 5.91 Å². The van der Waals surface area contributed by atoms with Gasteiger partial charge in [0.1, 0.15) is 11.5 Å². The van der Waals surface area contributed by atoms with Crippen LogP contribution >= 0.6 is 0 Å². The van der Waals surface area contributed by atoms with E-state index in [4.69, 9.17) is 15.2 Å². The van der Waals surface area contributed by atoms with Crippen molar-refractivity contribution < 1.29 is 14.3 Å². The van der Waals surface area contributed by atoms with E-state index in [1.807, 2.05) is 18.2 Å². The standard InChI is InChI=1S/C21H28N2O3/c1-14(2)15-5-7-16(8-6-15)19(22)13-23-21(24)12-17-11-18(25-3)9-10-20(17)26-4/h5-11,14,19H,12-13,22H2,1-4H3,(H,23,24). The number of carbonyl (C=O) groups is 1. The number of nitrogens with two attached hydrogens (primary N) is 1. The maximum atomic E-state index is 12.3. The molecule has 3 N–H and O–H groups in total. The van der Waals surface area contributed by atoms with Crippen LogP contribution in [0.2, 0.25) is 0 Å². The molecular weight excluding hydrogens is 328 g/mol. The van der Waals surface area contributed by atoms with Crippen LogP contribution in [0.5, 0.6) is 11.5 Å². The molecule has 0 saturated heterocycles. The molecule has 5 nitrogen and oxygen atoms in total. The number of benzene rings is 2. The average molecular weight is 356 g/mol. The molecule has 1 amide bonds. The zero-order valence-corrected chi connectivity index (χ0v) is 15.9. The minimum absolute atomic E-state index is 0.106. The molecule has 1 unspecified atom stereocenters. The molecule has 0 saturated carbocycles. The Hall–Kier alpha value is -2.53. The minimum Gasteiger partial charge on any atom is -0.497 e. The maximum absolute atomic E-state index is 12.3. The van der Waals surface area contributed by atoms with Crippen molar-refractivity contribution in [3.63, 3.8) is 0 Å². The number of methoxy groups -OCH3 is 2. The fourth-order valence-corrected chi connectivity index (χ4v) is 2.73. The molecule has 0 spiro atoms. The Bertz CT molecular complexity index is 727. The van der Waals surface area contributed by atoms with Crippen LogP contribution in [0.4, 0.5) is 0 Å². The van der Waals surface area contributed by atoms with Crippen molar-refractivity contribution in [3.8, 4) is 11.5 Å². The molecule has 0 aliphatic carbocycles. The second kappa shape index (κ2) is 9.25. The first kappa shape index (κ1) is 19.8. The van der Waals surface area contributed by atoms with Gasteiger partial charge < -0.3 is 20.5 Å². The van der Waals surface area contributed by atoms with Gasteiger partial charge in [0.05, 0.1) is 20.6 Å². The van der Waals surface area contributed by atoms with E-state index in [2.05, 4.69) is 31.3 Å². The van der Waals surface area contributed by atoms with E-state index in [0.717, 1.165) is 11.1 Å². The van der Waals surface area contributed by atoms with Crippen LogP contribution in [0.25, 0.3) is 0 Å². The molecule has 26 heavy (non-hydrogen) atoms. The molecule has 5 heteroatoms. The zero-order valence-electron chi connectivity index (χ0n) is 15.9. The molecule has 0 aliphatic heterocycles. The van der Waals surface area contributed by atoms with Crippen molar-refractivity contribution >= 4 is 5.91 Å². The highest BCUT2D eigenvalue weighted by atomic mass is 16.5. The lowest BCUT2D eigenvalue weighted by atomic mass is 9.99. The van der Waals surface area contributed by atoms with Crippen LogP contribution < -0.4 is 20.5 Å². The van der Waals surface area contributed by atoms with Crippen LogP contribution in [0.1, 0.15) is 42.5 Å². The summed E-state index contributed by atoms with van der Waals surface area (Å²) in [4.78, 5) is 12.3. The number of hydrogen-bond acceptors (Lipinski definition) is 4. The molecule has 1 atom stereocenters. The van der Waals surface area contributed by atoms with Crippen molar-refractivity contribution in [2.75, 3.05) is 20.8 Å². The maximum Gasteiger partial charge on any atom is 0.224 e. The Morgan fingerprint density at radius 3 is 2.27 bits per heavy atom. The Kier molecular flexibility index (Phi) is 7.04. The largest absolute Gasteiger partial charge is 0.497 e. The van der Waals surface area contributed by atoms with E-state index in [9.17, 15) is 4.79 Å². The first-order valence-electron chi connectivity index (χ1n) is 8.77. The third kappa shape index (κ3) is 5.23. The van der Waals surface area contributed by atoms with Gasteiger partial charge in [-0.1, -0.05) is 38.1 Å². The van der Waals surface area contributed by atoms with E-state index >= 15 is 0 Å². The van der Waals surface area contributed by atoms with Gasteiger partial charge in [-0.25, -0.2) is 0 Å². The first-order valence-corrected chi connectivity index (χ1v) is 8.77. The van der Waals surface area contributed by atoms with Gasteiger partial charge in [-0.15, -0.1) is 0 Å². The second-order valence-electron chi connectivity index (χ2n) is 6.59. The molecule has 0 aromatic heterocycles. The van der Waals surface area contributed by atoms with E-state index in [-0.39, 0.29) is 18.4 Å². The van der Waals surface area contributed by atoms with E-state index in [1.54, 1.807) is 26.4 Å². The molecule has 2 aromatic carbocycles. The van der Waals surface area contributed by atoms with Crippen LogP contribution in [0.15, 0.2) is 42.5 Å². The molecule has 0 bridgehead atoms. The fourth-order valence-electron chi connectivity index (χ4n) is 2.73. The Labute approximate surface area is 155 Å². The van der Waals surface area contributed by atoms with E-state index in [1.165, 1.54) is 5.56 Å². The lowest BCUT2D eigenvalue weighted by molar-refractivity contribution is -0.120. The Balaban J connectivity index is 1.94. The summed E-state index contributed by atoms with van der Waals surface area (Å²) in [5, 5.41) is 2.90. The van der Waals surface area contributed by atoms with Crippen LogP contribution in [0, 0.1) is 0 Å². The number of ether oxygens (including phenoxy) is 2. The summed E-state index contributed by atoms with van der Waals surface area (Å²) in [7, 11) is 3.18. The Morgan fingerprint density at radius 1 is 1.04 bits per heavy atom. The molecule has 140 valence electrons. The number of nitrogens with one attached hydrogen (secondary N) is 1. The van der Waals surface area contributed by atoms with Gasteiger partial charge in [0.15, 0.2) is 0 Å². The topological polar surface area (TPSA) is 73.6 Å². The zero-order chi connectivity index (χ0) is 19.1. The lowest BCUT2D eigenvalue weighted by Crippen LogP contribution is -2.33. The smallest absolute Gasteiger partial charge is 0.224 e. The van der Waals surface area contributed by atoms with Crippen molar-refractivity contribution in [2.45, 2.75) is 32.2 Å². The predicted octanol–water partition coefficient (Wildman–Crippen LogP) is 3.19. The number of carbonyl (C=O) groups excluding carboxylic acids is 1. The van der Waals surface area contributed by atoms with Crippen LogP contribution in [-0.4, -0.2) is 26.7 Å². The van der Waals surface area contributed by atoms with Crippen LogP contribution in [0.3, 0.4) is 0 Å². The van der Waals surface area contributed by atoms with E-state index < -0.39 is 0 Å². The molecule has 0 heterocycles. The predicted molar refractivity (Wildman–Crippen MR) is 104 cm³/mol. The molecule has 2 aromatic rings. The highest BCUT2D eigenvalue weighted by molar-refractivity contribution is 5.79. The molecule has 0 fully saturated rings. The molecule has 2 rings (SSSR count). The monoisotopic (exact) mass is 356 g/mol. The van der Waals surface area contributed by atoms with Crippen LogP contribution in [-0.2, 0) is 11.2 Å². The summed E-state index contributed by atoms with van der Waals surface area (Å²) in [5.74, 6) is 1.73. The lowest BCUT2D eigenvalue weighted by Gasteiger charge is -2.15. The quantitative estimate of drug-likeness (QED) is 0.762.